The summed E-state index contributed by atoms with van der Waals surface area (Å²) >= 11 is 0. The molecule has 0 saturated carbocycles. The predicted molar refractivity (Wildman–Crippen MR) is 19.8 cm³/mol. The van der Waals surface area contributed by atoms with Crippen LogP contribution in [0, 0.1) is 0 Å². The van der Waals surface area contributed by atoms with Crippen LogP contribution in [-0.2, 0) is 4.79 Å². The number of amides is 1. The fraction of sp³-hybridized carbons (Fsp3) is 0.667. The predicted octanol–water partition coefficient (Wildman–Crippen LogP) is -0.823. The summed E-state index contributed by atoms with van der Waals surface area (Å²) in [7, 11) is 0. The van der Waals surface area contributed by atoms with Gasteiger partial charge in [-0.2, -0.15) is 0 Å². The van der Waals surface area contributed by atoms with Crippen molar-refractivity contribution in [2.75, 3.05) is 0 Å². The van der Waals surface area contributed by atoms with Crippen molar-refractivity contribution in [3.8, 4) is 0 Å². The third-order valence-electron chi connectivity index (χ3n) is 0.379. The average Bonchev–Trinajstić information content (AvgIpc) is 1.36. The Morgan fingerprint density at radius 1 is 2.00 bits per heavy atom. The SMILES string of the molecule is CC(O)C([NH])=O. The van der Waals surface area contributed by atoms with Crippen LogP contribution in [0.3, 0.4) is 0 Å². The first-order valence-corrected chi connectivity index (χ1v) is 1.58. The molecule has 6 heavy (non-hydrogen) atoms. The van der Waals surface area contributed by atoms with E-state index < -0.39 is 12.0 Å². The molecule has 0 heterocycles. The Morgan fingerprint density at radius 3 is 2.17 bits per heavy atom. The van der Waals surface area contributed by atoms with Crippen LogP contribution in [-0.4, -0.2) is 17.1 Å². The number of carbonyl (C=O) groups is 1. The largest absolute Gasteiger partial charge is 0.383 e. The molecule has 1 radical (unpaired) electrons. The molecule has 3 nitrogen and oxygen atoms in total. The zero-order chi connectivity index (χ0) is 5.15. The van der Waals surface area contributed by atoms with E-state index in [1.807, 2.05) is 0 Å². The standard InChI is InChI=1S/C3H6NO2/c1-2(5)3(4)6/h2,4-5H,1H3. The minimum atomic E-state index is -1.12. The molecule has 0 fully saturated rings. The normalized spacial score (nSPS) is 13.7. The first-order chi connectivity index (χ1) is 2.64. The van der Waals surface area contributed by atoms with E-state index in [1.54, 1.807) is 0 Å². The van der Waals surface area contributed by atoms with Gasteiger partial charge in [0.15, 0.2) is 0 Å². The molecule has 0 spiro atoms. The van der Waals surface area contributed by atoms with Crippen molar-refractivity contribution < 1.29 is 9.90 Å². The molecule has 0 aliphatic rings. The number of nitrogens with one attached hydrogen (secondary N) is 1. The lowest BCUT2D eigenvalue weighted by Crippen LogP contribution is -2.15. The highest BCUT2D eigenvalue weighted by molar-refractivity contribution is 5.77. The molecule has 1 atom stereocenters. The summed E-state index contributed by atoms with van der Waals surface area (Å²) in [5.41, 5.74) is 6.14. The molecular weight excluding hydrogens is 82.0 g/mol. The molecule has 0 aliphatic carbocycles. The zero-order valence-corrected chi connectivity index (χ0v) is 3.43. The Morgan fingerprint density at radius 2 is 2.17 bits per heavy atom. The van der Waals surface area contributed by atoms with Crippen LogP contribution in [0.15, 0.2) is 0 Å². The van der Waals surface area contributed by atoms with Gasteiger partial charge in [0.05, 0.1) is 0 Å². The molecule has 0 saturated heterocycles. The van der Waals surface area contributed by atoms with Gasteiger partial charge >= 0.3 is 0 Å². The quantitative estimate of drug-likeness (QED) is 0.455. The lowest BCUT2D eigenvalue weighted by atomic mass is 10.4. The van der Waals surface area contributed by atoms with Crippen LogP contribution >= 0.6 is 0 Å². The van der Waals surface area contributed by atoms with Crippen LogP contribution in [0.25, 0.3) is 0 Å². The number of hydrogen-bond acceptors (Lipinski definition) is 2. The average molecular weight is 88.1 g/mol. The number of aliphatic hydroxyl groups excluding tert-OH is 1. The Kier molecular flexibility index (Phi) is 1.60. The number of aliphatic hydroxyl groups is 1. The molecule has 2 N–H and O–H groups in total. The molecule has 1 unspecified atom stereocenters. The van der Waals surface area contributed by atoms with Crippen molar-refractivity contribution in [2.24, 2.45) is 0 Å². The molecule has 3 heteroatoms. The highest BCUT2D eigenvalue weighted by Gasteiger charge is 1.99. The second-order valence-corrected chi connectivity index (χ2v) is 1.04. The van der Waals surface area contributed by atoms with Crippen molar-refractivity contribution in [3.05, 3.63) is 0 Å². The minimum Gasteiger partial charge on any atom is -0.383 e. The smallest absolute Gasteiger partial charge is 0.266 e. The van der Waals surface area contributed by atoms with E-state index in [0.717, 1.165) is 0 Å². The Balaban J connectivity index is 3.26. The van der Waals surface area contributed by atoms with Crippen LogP contribution in [0.5, 0.6) is 0 Å². The molecule has 0 bridgehead atoms. The minimum absolute atomic E-state index is 0.935. The zero-order valence-electron chi connectivity index (χ0n) is 3.43. The van der Waals surface area contributed by atoms with Crippen LogP contribution in [0.4, 0.5) is 0 Å². The third kappa shape index (κ3) is 1.72. The van der Waals surface area contributed by atoms with Gasteiger partial charge in [0, 0.05) is 0 Å². The van der Waals surface area contributed by atoms with Crippen molar-refractivity contribution in [2.45, 2.75) is 13.0 Å². The topological polar surface area (TPSA) is 61.1 Å². The van der Waals surface area contributed by atoms with Crippen LogP contribution in [0.2, 0.25) is 0 Å². The van der Waals surface area contributed by atoms with Gasteiger partial charge in [-0.3, -0.25) is 10.5 Å². The second kappa shape index (κ2) is 1.77. The summed E-state index contributed by atoms with van der Waals surface area (Å²) in [6, 6.07) is 0. The van der Waals surface area contributed by atoms with Crippen molar-refractivity contribution in [1.29, 1.82) is 0 Å². The number of hydrogen-bond donors (Lipinski definition) is 1. The van der Waals surface area contributed by atoms with Crippen molar-refractivity contribution in [3.63, 3.8) is 0 Å². The molecule has 0 aromatic rings. The monoisotopic (exact) mass is 88.0 g/mol. The van der Waals surface area contributed by atoms with Gasteiger partial charge in [-0.1, -0.05) is 0 Å². The second-order valence-electron chi connectivity index (χ2n) is 1.04. The number of rotatable bonds is 1. The maximum atomic E-state index is 9.56. The van der Waals surface area contributed by atoms with Gasteiger partial charge in [-0.05, 0) is 6.92 Å². The van der Waals surface area contributed by atoms with E-state index in [2.05, 4.69) is 0 Å². The third-order valence-corrected chi connectivity index (χ3v) is 0.379. The van der Waals surface area contributed by atoms with E-state index in [1.165, 1.54) is 6.92 Å². The summed E-state index contributed by atoms with van der Waals surface area (Å²) in [5, 5.41) is 8.09. The lowest BCUT2D eigenvalue weighted by molar-refractivity contribution is -0.125. The van der Waals surface area contributed by atoms with Crippen LogP contribution < -0.4 is 5.73 Å². The molecule has 1 amide bonds. The van der Waals surface area contributed by atoms with E-state index in [0.29, 0.717) is 0 Å². The van der Waals surface area contributed by atoms with Crippen LogP contribution in [0.1, 0.15) is 6.92 Å². The summed E-state index contributed by atoms with van der Waals surface area (Å²) in [4.78, 5) is 9.56. The Bertz CT molecular complexity index is 59.8. The van der Waals surface area contributed by atoms with Gasteiger partial charge in [-0.25, -0.2) is 0 Å². The van der Waals surface area contributed by atoms with E-state index in [9.17, 15) is 4.79 Å². The van der Waals surface area contributed by atoms with Gasteiger partial charge in [0.25, 0.3) is 5.91 Å². The molecule has 0 aromatic heterocycles. The van der Waals surface area contributed by atoms with Gasteiger partial charge in [0.2, 0.25) is 0 Å². The van der Waals surface area contributed by atoms with Crippen molar-refractivity contribution >= 4 is 5.91 Å². The summed E-state index contributed by atoms with van der Waals surface area (Å²) in [6.45, 7) is 1.26. The molecule has 0 rings (SSSR count). The van der Waals surface area contributed by atoms with Gasteiger partial charge in [-0.15, -0.1) is 0 Å². The molecule has 0 aromatic carbocycles. The Hall–Kier alpha value is -0.570. The fourth-order valence-corrected chi connectivity index (χ4v) is 0. The van der Waals surface area contributed by atoms with Gasteiger partial charge < -0.3 is 5.11 Å². The van der Waals surface area contributed by atoms with E-state index in [4.69, 9.17) is 10.8 Å². The maximum absolute atomic E-state index is 9.56. The number of carbonyl (C=O) groups excluding carboxylic acids is 1. The fourth-order valence-electron chi connectivity index (χ4n) is 0. The van der Waals surface area contributed by atoms with Gasteiger partial charge in [0.1, 0.15) is 6.10 Å². The Labute approximate surface area is 35.8 Å². The van der Waals surface area contributed by atoms with E-state index in [-0.39, 0.29) is 0 Å². The first kappa shape index (κ1) is 5.43. The highest BCUT2D eigenvalue weighted by atomic mass is 16.3. The molecule has 0 aliphatic heterocycles. The summed E-state index contributed by atoms with van der Waals surface area (Å²) in [5.74, 6) is -0.935. The first-order valence-electron chi connectivity index (χ1n) is 1.58. The lowest BCUT2D eigenvalue weighted by Gasteiger charge is -1.89. The maximum Gasteiger partial charge on any atom is 0.266 e. The van der Waals surface area contributed by atoms with E-state index >= 15 is 0 Å². The summed E-state index contributed by atoms with van der Waals surface area (Å²) < 4.78 is 0. The van der Waals surface area contributed by atoms with Crippen molar-refractivity contribution in [1.82, 2.24) is 5.73 Å². The summed E-state index contributed by atoms with van der Waals surface area (Å²) in [6.07, 6.45) is -1.12. The molecule has 35 valence electrons. The molecular formula is C3H6NO2. The highest BCUT2D eigenvalue weighted by Crippen LogP contribution is 1.72.